The van der Waals surface area contributed by atoms with Crippen LogP contribution in [0.4, 0.5) is 0 Å². The molecule has 1 aromatic heterocycles. The molecule has 3 N–H and O–H groups in total. The fourth-order valence-electron chi connectivity index (χ4n) is 2.60. The Balaban J connectivity index is 1.45. The molecule has 136 valence electrons. The molecule has 0 aliphatic carbocycles. The molecule has 6 nitrogen and oxygen atoms in total. The van der Waals surface area contributed by atoms with Gasteiger partial charge >= 0.3 is 0 Å². The van der Waals surface area contributed by atoms with E-state index in [0.29, 0.717) is 18.8 Å². The number of methoxy groups -OCH3 is 1. The first kappa shape index (κ1) is 18.0. The highest BCUT2D eigenvalue weighted by Gasteiger charge is 2.06. The van der Waals surface area contributed by atoms with E-state index in [-0.39, 0.29) is 12.2 Å². The van der Waals surface area contributed by atoms with Crippen LogP contribution < -0.4 is 20.3 Å². The lowest BCUT2D eigenvalue weighted by Gasteiger charge is -2.14. The molecule has 0 saturated carbocycles. The van der Waals surface area contributed by atoms with Gasteiger partial charge in [-0.3, -0.25) is 4.79 Å². The van der Waals surface area contributed by atoms with Crippen molar-refractivity contribution in [3.8, 4) is 11.5 Å². The summed E-state index contributed by atoms with van der Waals surface area (Å²) < 4.78 is 10.8. The summed E-state index contributed by atoms with van der Waals surface area (Å²) in [5, 5.41) is 14.1. The smallest absolute Gasteiger partial charge is 0.248 e. The first-order valence-corrected chi connectivity index (χ1v) is 8.41. The lowest BCUT2D eigenvalue weighted by molar-refractivity contribution is 0.106. The van der Waals surface area contributed by atoms with Crippen LogP contribution in [0.15, 0.2) is 59.4 Å². The largest absolute Gasteiger partial charge is 0.497 e. The van der Waals surface area contributed by atoms with Gasteiger partial charge in [-0.05, 0) is 42.0 Å². The quantitative estimate of drug-likeness (QED) is 0.577. The van der Waals surface area contributed by atoms with Gasteiger partial charge in [0.1, 0.15) is 24.2 Å². The Bertz CT molecular complexity index is 906. The molecule has 0 aliphatic heterocycles. The number of hydrogen-bond acceptors (Lipinski definition) is 5. The van der Waals surface area contributed by atoms with Crippen LogP contribution in [0, 0.1) is 0 Å². The van der Waals surface area contributed by atoms with Crippen LogP contribution in [0.25, 0.3) is 10.9 Å². The highest BCUT2D eigenvalue weighted by atomic mass is 16.5. The number of ether oxygens (including phenoxy) is 2. The van der Waals surface area contributed by atoms with E-state index in [1.807, 2.05) is 30.3 Å². The maximum atomic E-state index is 11.3. The van der Waals surface area contributed by atoms with E-state index in [9.17, 15) is 9.90 Å². The lowest BCUT2D eigenvalue weighted by atomic mass is 10.2. The molecule has 0 aliphatic rings. The Morgan fingerprint density at radius 3 is 2.62 bits per heavy atom. The van der Waals surface area contributed by atoms with Crippen molar-refractivity contribution in [1.29, 1.82) is 0 Å². The van der Waals surface area contributed by atoms with Crippen LogP contribution in [0.2, 0.25) is 0 Å². The van der Waals surface area contributed by atoms with Crippen molar-refractivity contribution in [3.63, 3.8) is 0 Å². The van der Waals surface area contributed by atoms with E-state index in [0.717, 1.165) is 22.2 Å². The maximum absolute atomic E-state index is 11.3. The molecule has 26 heavy (non-hydrogen) atoms. The zero-order valence-electron chi connectivity index (χ0n) is 14.6. The molecular weight excluding hydrogens is 332 g/mol. The molecule has 2 aromatic carbocycles. The van der Waals surface area contributed by atoms with Crippen molar-refractivity contribution in [2.24, 2.45) is 0 Å². The molecule has 0 saturated heterocycles. The van der Waals surface area contributed by atoms with Crippen LogP contribution in [-0.4, -0.2) is 36.5 Å². The molecule has 0 fully saturated rings. The van der Waals surface area contributed by atoms with Gasteiger partial charge in [-0.1, -0.05) is 12.1 Å². The second-order valence-electron chi connectivity index (χ2n) is 6.02. The Morgan fingerprint density at radius 2 is 1.85 bits per heavy atom. The molecule has 6 heteroatoms. The Kier molecular flexibility index (Phi) is 5.88. The number of benzene rings is 2. The average Bonchev–Trinajstić information content (AvgIpc) is 2.67. The summed E-state index contributed by atoms with van der Waals surface area (Å²) in [5.41, 5.74) is 1.73. The van der Waals surface area contributed by atoms with Gasteiger partial charge in [0.15, 0.2) is 0 Å². The summed E-state index contributed by atoms with van der Waals surface area (Å²) in [6.07, 6.45) is -0.625. The van der Waals surface area contributed by atoms with Gasteiger partial charge in [-0.25, -0.2) is 0 Å². The fraction of sp³-hybridized carbons (Fsp3) is 0.250. The fourth-order valence-corrected chi connectivity index (χ4v) is 2.60. The first-order chi connectivity index (χ1) is 12.6. The third-order valence-corrected chi connectivity index (χ3v) is 4.01. The molecule has 0 unspecified atom stereocenters. The topological polar surface area (TPSA) is 83.6 Å². The van der Waals surface area contributed by atoms with Crippen LogP contribution >= 0.6 is 0 Å². The van der Waals surface area contributed by atoms with Crippen LogP contribution in [0.3, 0.4) is 0 Å². The second kappa shape index (κ2) is 8.51. The minimum absolute atomic E-state index is 0.135. The van der Waals surface area contributed by atoms with Gasteiger partial charge in [-0.2, -0.15) is 0 Å². The third kappa shape index (κ3) is 4.84. The molecule has 3 rings (SSSR count). The van der Waals surface area contributed by atoms with Gasteiger partial charge in [0.25, 0.3) is 0 Å². The summed E-state index contributed by atoms with van der Waals surface area (Å²) in [7, 11) is 1.64. The van der Waals surface area contributed by atoms with Crippen LogP contribution in [-0.2, 0) is 6.54 Å². The van der Waals surface area contributed by atoms with Crippen molar-refractivity contribution >= 4 is 10.9 Å². The zero-order chi connectivity index (χ0) is 18.4. The lowest BCUT2D eigenvalue weighted by Crippen LogP contribution is -2.31. The predicted octanol–water partition coefficient (Wildman–Crippen LogP) is 2.07. The van der Waals surface area contributed by atoms with Crippen molar-refractivity contribution in [3.05, 3.63) is 70.5 Å². The second-order valence-corrected chi connectivity index (χ2v) is 6.02. The normalized spacial score (nSPS) is 12.1. The van der Waals surface area contributed by atoms with Gasteiger partial charge in [0, 0.05) is 30.1 Å². The number of rotatable bonds is 8. The number of aromatic nitrogens is 1. The van der Waals surface area contributed by atoms with Crippen molar-refractivity contribution in [2.75, 3.05) is 20.3 Å². The number of H-pyrrole nitrogens is 1. The molecule has 0 spiro atoms. The Hall–Kier alpha value is -2.83. The Labute approximate surface area is 151 Å². The van der Waals surface area contributed by atoms with Crippen LogP contribution in [0.1, 0.15) is 5.56 Å². The first-order valence-electron chi connectivity index (χ1n) is 8.41. The average molecular weight is 354 g/mol. The number of aliphatic hydroxyl groups is 1. The van der Waals surface area contributed by atoms with E-state index in [1.165, 1.54) is 6.07 Å². The SMILES string of the molecule is COc1ccc(CNC[C@@H](O)COc2ccc3[nH]c(=O)ccc3c2)cc1. The molecule has 0 radical (unpaired) electrons. The van der Waals surface area contributed by atoms with Gasteiger partial charge in [0.05, 0.1) is 7.11 Å². The number of fused-ring (bicyclic) bond motifs is 1. The summed E-state index contributed by atoms with van der Waals surface area (Å²) in [5.74, 6) is 1.47. The van der Waals surface area contributed by atoms with Crippen molar-refractivity contribution < 1.29 is 14.6 Å². The maximum Gasteiger partial charge on any atom is 0.248 e. The molecule has 1 atom stereocenters. The highest BCUT2D eigenvalue weighted by molar-refractivity contribution is 5.79. The van der Waals surface area contributed by atoms with E-state index >= 15 is 0 Å². The van der Waals surface area contributed by atoms with E-state index in [2.05, 4.69) is 10.3 Å². The molecular formula is C20H22N2O4. The van der Waals surface area contributed by atoms with Crippen LogP contribution in [0.5, 0.6) is 11.5 Å². The summed E-state index contributed by atoms with van der Waals surface area (Å²) in [6, 6.07) is 16.4. The predicted molar refractivity (Wildman–Crippen MR) is 101 cm³/mol. The van der Waals surface area contributed by atoms with Gasteiger partial charge in [0.2, 0.25) is 5.56 Å². The zero-order valence-corrected chi connectivity index (χ0v) is 14.6. The number of aliphatic hydroxyl groups excluding tert-OH is 1. The number of aromatic amines is 1. The minimum Gasteiger partial charge on any atom is -0.497 e. The van der Waals surface area contributed by atoms with E-state index in [4.69, 9.17) is 9.47 Å². The van der Waals surface area contributed by atoms with Gasteiger partial charge in [-0.15, -0.1) is 0 Å². The van der Waals surface area contributed by atoms with E-state index < -0.39 is 6.10 Å². The van der Waals surface area contributed by atoms with E-state index in [1.54, 1.807) is 25.3 Å². The third-order valence-electron chi connectivity index (χ3n) is 4.01. The van der Waals surface area contributed by atoms with Crippen molar-refractivity contribution in [1.82, 2.24) is 10.3 Å². The summed E-state index contributed by atoms with van der Waals surface area (Å²) in [4.78, 5) is 14.0. The number of pyridine rings is 1. The summed E-state index contributed by atoms with van der Waals surface area (Å²) >= 11 is 0. The minimum atomic E-state index is -0.625. The summed E-state index contributed by atoms with van der Waals surface area (Å²) in [6.45, 7) is 1.27. The highest BCUT2D eigenvalue weighted by Crippen LogP contribution is 2.18. The molecule has 3 aromatic rings. The standard InChI is InChI=1S/C20H22N2O4/c1-25-17-5-2-14(3-6-17)11-21-12-16(23)13-26-18-7-8-19-15(10-18)4-9-20(24)22-19/h2-10,16,21,23H,11-13H2,1H3,(H,22,24)/t16-/m1/s1. The molecule has 0 bridgehead atoms. The molecule has 0 amide bonds. The monoisotopic (exact) mass is 354 g/mol. The van der Waals surface area contributed by atoms with Crippen molar-refractivity contribution in [2.45, 2.75) is 12.6 Å². The van der Waals surface area contributed by atoms with Gasteiger partial charge < -0.3 is 24.9 Å². The Morgan fingerprint density at radius 1 is 1.08 bits per heavy atom. The number of nitrogens with one attached hydrogen (secondary N) is 2. The molecule has 1 heterocycles. The number of hydrogen-bond donors (Lipinski definition) is 3.